The van der Waals surface area contributed by atoms with E-state index in [-0.39, 0.29) is 11.0 Å². The molecule has 1 aromatic carbocycles. The van der Waals surface area contributed by atoms with E-state index < -0.39 is 5.97 Å². The van der Waals surface area contributed by atoms with Crippen molar-refractivity contribution in [3.8, 4) is 11.5 Å². The first-order valence-corrected chi connectivity index (χ1v) is 6.79. The summed E-state index contributed by atoms with van der Waals surface area (Å²) in [7, 11) is 0. The summed E-state index contributed by atoms with van der Waals surface area (Å²) in [5.41, 5.74) is 1.90. The Balaban J connectivity index is 2.21. The molecular formula is C11H9BrN2O3S. The third-order valence-corrected chi connectivity index (χ3v) is 3.54. The average Bonchev–Trinajstić information content (AvgIpc) is 2.75. The lowest BCUT2D eigenvalue weighted by molar-refractivity contribution is -0.133. The molecule has 0 bridgehead atoms. The normalized spacial score (nSPS) is 10.6. The zero-order valence-electron chi connectivity index (χ0n) is 9.38. The van der Waals surface area contributed by atoms with Crippen LogP contribution in [0.25, 0.3) is 11.5 Å². The zero-order chi connectivity index (χ0) is 13.1. The van der Waals surface area contributed by atoms with Crippen molar-refractivity contribution in [2.45, 2.75) is 12.1 Å². The molecule has 2 rings (SSSR count). The van der Waals surface area contributed by atoms with Crippen molar-refractivity contribution in [1.82, 2.24) is 10.2 Å². The standard InChI is InChI=1S/C11H9BrN2O3S/c1-6-2-3-7(8(12)4-6)10-13-14-11(17-10)18-5-9(15)16/h2-4H,5H2,1H3,(H,15,16). The maximum atomic E-state index is 10.4. The number of hydrogen-bond acceptors (Lipinski definition) is 5. The van der Waals surface area contributed by atoms with Crippen molar-refractivity contribution in [1.29, 1.82) is 0 Å². The molecule has 0 aliphatic heterocycles. The summed E-state index contributed by atoms with van der Waals surface area (Å²) in [5.74, 6) is -0.650. The van der Waals surface area contributed by atoms with Crippen LogP contribution in [-0.2, 0) is 4.79 Å². The van der Waals surface area contributed by atoms with Gasteiger partial charge in [-0.3, -0.25) is 4.79 Å². The van der Waals surface area contributed by atoms with Crippen molar-refractivity contribution < 1.29 is 14.3 Å². The summed E-state index contributed by atoms with van der Waals surface area (Å²) in [5, 5.41) is 16.5. The van der Waals surface area contributed by atoms with Crippen LogP contribution in [0, 0.1) is 6.92 Å². The Hall–Kier alpha value is -1.34. The van der Waals surface area contributed by atoms with Gasteiger partial charge in [-0.1, -0.05) is 17.8 Å². The molecule has 0 aliphatic rings. The topological polar surface area (TPSA) is 76.2 Å². The van der Waals surface area contributed by atoms with E-state index >= 15 is 0 Å². The number of nitrogens with zero attached hydrogens (tertiary/aromatic N) is 2. The molecule has 0 unspecified atom stereocenters. The molecule has 7 heteroatoms. The fourth-order valence-electron chi connectivity index (χ4n) is 1.29. The predicted molar refractivity (Wildman–Crippen MR) is 70.5 cm³/mol. The lowest BCUT2D eigenvalue weighted by Gasteiger charge is -2.00. The van der Waals surface area contributed by atoms with Gasteiger partial charge < -0.3 is 9.52 Å². The van der Waals surface area contributed by atoms with Gasteiger partial charge in [0.25, 0.3) is 5.22 Å². The number of benzene rings is 1. The van der Waals surface area contributed by atoms with E-state index in [2.05, 4.69) is 26.1 Å². The Morgan fingerprint density at radius 2 is 2.28 bits per heavy atom. The van der Waals surface area contributed by atoms with Gasteiger partial charge in [-0.2, -0.15) is 0 Å². The van der Waals surface area contributed by atoms with E-state index in [1.807, 2.05) is 25.1 Å². The largest absolute Gasteiger partial charge is 0.481 e. The van der Waals surface area contributed by atoms with Gasteiger partial charge in [0.15, 0.2) is 0 Å². The minimum absolute atomic E-state index is 0.100. The molecule has 2 aromatic rings. The fraction of sp³-hybridized carbons (Fsp3) is 0.182. The van der Waals surface area contributed by atoms with Crippen LogP contribution >= 0.6 is 27.7 Å². The van der Waals surface area contributed by atoms with Crippen LogP contribution in [0.4, 0.5) is 0 Å². The summed E-state index contributed by atoms with van der Waals surface area (Å²) in [4.78, 5) is 10.4. The van der Waals surface area contributed by atoms with Gasteiger partial charge in [0.1, 0.15) is 5.75 Å². The third kappa shape index (κ3) is 3.11. The van der Waals surface area contributed by atoms with Crippen LogP contribution in [0.2, 0.25) is 0 Å². The van der Waals surface area contributed by atoms with E-state index in [0.717, 1.165) is 27.4 Å². The summed E-state index contributed by atoms with van der Waals surface area (Å²) in [6.45, 7) is 1.98. The Bertz CT molecular complexity index is 585. The van der Waals surface area contributed by atoms with E-state index in [9.17, 15) is 4.79 Å². The van der Waals surface area contributed by atoms with Crippen molar-refractivity contribution in [2.24, 2.45) is 0 Å². The third-order valence-electron chi connectivity index (χ3n) is 2.08. The Morgan fingerprint density at radius 1 is 1.50 bits per heavy atom. The highest BCUT2D eigenvalue weighted by molar-refractivity contribution is 9.10. The highest BCUT2D eigenvalue weighted by Gasteiger charge is 2.12. The molecule has 1 N–H and O–H groups in total. The smallest absolute Gasteiger partial charge is 0.314 e. The lowest BCUT2D eigenvalue weighted by atomic mass is 10.1. The minimum atomic E-state index is -0.920. The van der Waals surface area contributed by atoms with Gasteiger partial charge in [0.2, 0.25) is 5.89 Å². The number of carboxylic acids is 1. The maximum Gasteiger partial charge on any atom is 0.314 e. The molecule has 0 amide bonds. The summed E-state index contributed by atoms with van der Waals surface area (Å²) in [6, 6.07) is 5.76. The molecule has 0 saturated carbocycles. The molecule has 94 valence electrons. The Kier molecular flexibility index (Phi) is 4.03. The molecule has 1 aromatic heterocycles. The van der Waals surface area contributed by atoms with Crippen molar-refractivity contribution in [2.75, 3.05) is 5.75 Å². The number of aryl methyl sites for hydroxylation is 1. The van der Waals surface area contributed by atoms with E-state index in [1.165, 1.54) is 0 Å². The zero-order valence-corrected chi connectivity index (χ0v) is 11.8. The van der Waals surface area contributed by atoms with Gasteiger partial charge in [0, 0.05) is 4.47 Å². The first-order chi connectivity index (χ1) is 8.56. The Labute approximate surface area is 116 Å². The number of thioether (sulfide) groups is 1. The molecule has 0 spiro atoms. The van der Waals surface area contributed by atoms with Gasteiger partial charge in [0.05, 0.1) is 5.56 Å². The van der Waals surface area contributed by atoms with Crippen molar-refractivity contribution in [3.05, 3.63) is 28.2 Å². The highest BCUT2D eigenvalue weighted by Crippen LogP contribution is 2.29. The molecule has 0 aliphatic carbocycles. The first kappa shape index (κ1) is 13.1. The van der Waals surface area contributed by atoms with Crippen LogP contribution in [0.1, 0.15) is 5.56 Å². The van der Waals surface area contributed by atoms with E-state index in [0.29, 0.717) is 5.89 Å². The van der Waals surface area contributed by atoms with Crippen LogP contribution in [0.3, 0.4) is 0 Å². The van der Waals surface area contributed by atoms with Crippen molar-refractivity contribution >= 4 is 33.7 Å². The van der Waals surface area contributed by atoms with Crippen LogP contribution < -0.4 is 0 Å². The number of aromatic nitrogens is 2. The molecule has 0 atom stereocenters. The number of hydrogen-bond donors (Lipinski definition) is 1. The van der Waals surface area contributed by atoms with Gasteiger partial charge in [-0.25, -0.2) is 0 Å². The number of carbonyl (C=O) groups is 1. The van der Waals surface area contributed by atoms with Gasteiger partial charge in [-0.05, 0) is 40.5 Å². The minimum Gasteiger partial charge on any atom is -0.481 e. The maximum absolute atomic E-state index is 10.4. The van der Waals surface area contributed by atoms with Gasteiger partial charge in [-0.15, -0.1) is 10.2 Å². The second-order valence-corrected chi connectivity index (χ2v) is 5.32. The van der Waals surface area contributed by atoms with Crippen molar-refractivity contribution in [3.63, 3.8) is 0 Å². The average molecular weight is 329 g/mol. The van der Waals surface area contributed by atoms with E-state index in [4.69, 9.17) is 9.52 Å². The Morgan fingerprint density at radius 3 is 2.94 bits per heavy atom. The van der Waals surface area contributed by atoms with Crippen LogP contribution in [0.15, 0.2) is 32.3 Å². The molecule has 0 saturated heterocycles. The van der Waals surface area contributed by atoms with Crippen LogP contribution in [-0.4, -0.2) is 27.0 Å². The number of carboxylic acid groups (broad SMARTS) is 1. The lowest BCUT2D eigenvalue weighted by Crippen LogP contribution is -1.97. The number of halogens is 1. The monoisotopic (exact) mass is 328 g/mol. The molecule has 18 heavy (non-hydrogen) atoms. The molecule has 5 nitrogen and oxygen atoms in total. The molecule has 0 radical (unpaired) electrons. The SMILES string of the molecule is Cc1ccc(-c2nnc(SCC(=O)O)o2)c(Br)c1. The van der Waals surface area contributed by atoms with Crippen LogP contribution in [0.5, 0.6) is 0 Å². The predicted octanol–water partition coefficient (Wildman–Crippen LogP) is 2.98. The summed E-state index contributed by atoms with van der Waals surface area (Å²) in [6.07, 6.45) is 0. The van der Waals surface area contributed by atoms with Gasteiger partial charge >= 0.3 is 5.97 Å². The fourth-order valence-corrected chi connectivity index (χ4v) is 2.44. The highest BCUT2D eigenvalue weighted by atomic mass is 79.9. The second-order valence-electron chi connectivity index (χ2n) is 3.54. The molecule has 0 fully saturated rings. The number of aliphatic carboxylic acids is 1. The number of rotatable bonds is 4. The first-order valence-electron chi connectivity index (χ1n) is 5.01. The molecular weight excluding hydrogens is 320 g/mol. The van der Waals surface area contributed by atoms with E-state index in [1.54, 1.807) is 0 Å². The quantitative estimate of drug-likeness (QED) is 0.869. The second kappa shape index (κ2) is 5.53. The summed E-state index contributed by atoms with van der Waals surface area (Å²) < 4.78 is 6.25. The molecule has 1 heterocycles. The summed E-state index contributed by atoms with van der Waals surface area (Å²) >= 11 is 4.42.